The van der Waals surface area contributed by atoms with E-state index in [4.69, 9.17) is 7.98 Å². The summed E-state index contributed by atoms with van der Waals surface area (Å²) in [5, 5.41) is 11.0. The fourth-order valence-corrected chi connectivity index (χ4v) is 0.449. The van der Waals surface area contributed by atoms with Gasteiger partial charge in [0, 0.05) is 0 Å². The Labute approximate surface area is 51.7 Å². The molecule has 8 heavy (non-hydrogen) atoms. The van der Waals surface area contributed by atoms with Crippen molar-refractivity contribution in [2.24, 2.45) is 0 Å². The van der Waals surface area contributed by atoms with Gasteiger partial charge in [0.15, 0.2) is 7.98 Å². The Kier molecular flexibility index (Phi) is 2.48. The Morgan fingerprint density at radius 2 is 2.00 bits per heavy atom. The highest BCUT2D eigenvalue weighted by atomic mass is 15.1. The van der Waals surface area contributed by atoms with Gasteiger partial charge in [0.25, 0.3) is 15.1 Å². The van der Waals surface area contributed by atoms with E-state index in [1.54, 1.807) is 15.1 Å². The first-order valence-electron chi connectivity index (χ1n) is 2.31. The third-order valence-electron chi connectivity index (χ3n) is 0.833. The molecule has 0 aromatic carbocycles. The van der Waals surface area contributed by atoms with Crippen LogP contribution in [0.4, 0.5) is 0 Å². The molecule has 4 radical (unpaired) electrons. The van der Waals surface area contributed by atoms with Crippen LogP contribution in [0.1, 0.15) is 0 Å². The maximum absolute atomic E-state index is 5.06. The van der Waals surface area contributed by atoms with E-state index in [9.17, 15) is 0 Å². The Hall–Kier alpha value is 0.0997. The predicted molar refractivity (Wildman–Crippen MR) is 35.6 cm³/mol. The van der Waals surface area contributed by atoms with E-state index in [-0.39, 0.29) is 7.12 Å². The molecule has 1 rings (SSSR count). The second-order valence-corrected chi connectivity index (χ2v) is 1.39. The quantitative estimate of drug-likeness (QED) is 0.260. The molecule has 4 nitrogen and oxygen atoms in total. The first-order valence-corrected chi connectivity index (χ1v) is 2.31. The molecule has 0 atom stereocenters. The summed E-state index contributed by atoms with van der Waals surface area (Å²) in [6.07, 6.45) is 0. The Morgan fingerprint density at radius 3 is 2.38 bits per heavy atom. The van der Waals surface area contributed by atoms with Crippen LogP contribution in [0, 0.1) is 0 Å². The van der Waals surface area contributed by atoms with Gasteiger partial charge >= 0.3 is 7.12 Å². The molecule has 1 aliphatic rings. The highest BCUT2D eigenvalue weighted by molar-refractivity contribution is 6.75. The van der Waals surface area contributed by atoms with Gasteiger partial charge in [-0.15, -0.1) is 0 Å². The lowest BCUT2D eigenvalue weighted by Crippen LogP contribution is -2.69. The minimum absolute atomic E-state index is 0.0590. The molecule has 4 N–H and O–H groups in total. The van der Waals surface area contributed by atoms with Crippen molar-refractivity contribution in [1.82, 2.24) is 20.6 Å². The van der Waals surface area contributed by atoms with Gasteiger partial charge in [-0.25, -0.2) is 0 Å². The van der Waals surface area contributed by atoms with Crippen LogP contribution in [0.15, 0.2) is 0 Å². The van der Waals surface area contributed by atoms with Crippen LogP contribution >= 0.6 is 0 Å². The predicted octanol–water partition coefficient (Wildman–Crippen LogP) is -3.50. The molecule has 0 aromatic heterocycles. The largest absolute Gasteiger partial charge is 0.381 e. The van der Waals surface area contributed by atoms with Crippen LogP contribution < -0.4 is 20.6 Å². The molecule has 1 heterocycles. The molecule has 1 aliphatic heterocycles. The third-order valence-corrected chi connectivity index (χ3v) is 0.833. The number of nitrogens with one attached hydrogen (secondary N) is 4. The van der Waals surface area contributed by atoms with Crippen molar-refractivity contribution in [1.29, 1.82) is 0 Å². The smallest absolute Gasteiger partial charge is 0.361 e. The summed E-state index contributed by atoms with van der Waals surface area (Å²) in [4.78, 5) is 0. The highest BCUT2D eigenvalue weighted by Crippen LogP contribution is 1.60. The summed E-state index contributed by atoms with van der Waals surface area (Å²) in [6, 6.07) is 0. The molecule has 1 saturated heterocycles. The van der Waals surface area contributed by atoms with Crippen LogP contribution in [0.5, 0.6) is 0 Å². The molecule has 8 heteroatoms. The molecule has 1 fully saturated rings. The van der Waals surface area contributed by atoms with E-state index in [2.05, 4.69) is 20.6 Å². The number of rotatable bonds is 1. The maximum Gasteiger partial charge on any atom is 0.361 e. The second-order valence-electron chi connectivity index (χ2n) is 1.39. The normalized spacial score (nSPS) is 19.2. The second kappa shape index (κ2) is 3.19. The van der Waals surface area contributed by atoms with E-state index in [0.717, 1.165) is 0 Å². The minimum Gasteiger partial charge on any atom is -0.381 e. The van der Waals surface area contributed by atoms with Crippen LogP contribution in [-0.4, -0.2) is 30.2 Å². The highest BCUT2D eigenvalue weighted by Gasteiger charge is 2.14. The van der Waals surface area contributed by atoms with Crippen molar-refractivity contribution < 1.29 is 0 Å². The Morgan fingerprint density at radius 1 is 1.38 bits per heavy atom. The van der Waals surface area contributed by atoms with Gasteiger partial charge in [-0.3, -0.25) is 0 Å². The maximum atomic E-state index is 5.06. The van der Waals surface area contributed by atoms with Crippen molar-refractivity contribution in [2.45, 2.75) is 0 Å². The van der Waals surface area contributed by atoms with E-state index in [1.165, 1.54) is 0 Å². The van der Waals surface area contributed by atoms with E-state index >= 15 is 0 Å². The topological polar surface area (TPSA) is 48.1 Å². The van der Waals surface area contributed by atoms with Crippen molar-refractivity contribution in [3.63, 3.8) is 0 Å². The Balaban J connectivity index is 2.13. The lowest BCUT2D eigenvalue weighted by molar-refractivity contribution is 1.18. The first kappa shape index (κ1) is 6.22. The van der Waals surface area contributed by atoms with Crippen LogP contribution in [0.3, 0.4) is 0 Å². The van der Waals surface area contributed by atoms with Gasteiger partial charge in [-0.1, -0.05) is 0 Å². The lowest BCUT2D eigenvalue weighted by Gasteiger charge is -2.19. The molecule has 0 aromatic rings. The summed E-state index contributed by atoms with van der Waals surface area (Å²) in [6.45, 7) is 0. The average molecular weight is 103 g/mol. The summed E-state index contributed by atoms with van der Waals surface area (Å²) in [5.74, 6) is 0. The van der Waals surface area contributed by atoms with Gasteiger partial charge in [0.05, 0.1) is 0 Å². The fourth-order valence-electron chi connectivity index (χ4n) is 0.449. The first-order chi connectivity index (χ1) is 3.93. The summed E-state index contributed by atoms with van der Waals surface area (Å²) in [5.41, 5.74) is 0. The molecule has 0 bridgehead atoms. The number of hydrogen-bond acceptors (Lipinski definition) is 4. The molecule has 0 aliphatic carbocycles. The van der Waals surface area contributed by atoms with Crippen molar-refractivity contribution in [3.8, 4) is 0 Å². The van der Waals surface area contributed by atoms with E-state index in [1.807, 2.05) is 0 Å². The zero-order valence-electron chi connectivity index (χ0n) is 4.31. The molecule has 36 valence electrons. The standard InChI is InChI=1S/B4H4N4/c1-5-4-7-2-6-3-8-4/h5-8H. The molecular weight excluding hydrogens is 99.3 g/mol. The Bertz CT molecular complexity index is 59.1. The zero-order chi connectivity index (χ0) is 5.82. The van der Waals surface area contributed by atoms with Crippen molar-refractivity contribution in [3.05, 3.63) is 0 Å². The molecule has 0 saturated carbocycles. The molecule has 0 amide bonds. The minimum atomic E-state index is -0.0590. The number of hydrogen-bond donors (Lipinski definition) is 4. The molecular formula is H4B4N4. The van der Waals surface area contributed by atoms with Crippen LogP contribution in [-0.2, 0) is 0 Å². The summed E-state index contributed by atoms with van der Waals surface area (Å²) in [7, 11) is 8.36. The zero-order valence-corrected chi connectivity index (χ0v) is 4.31. The monoisotopic (exact) mass is 104 g/mol. The van der Waals surface area contributed by atoms with Gasteiger partial charge in [0.1, 0.15) is 0 Å². The van der Waals surface area contributed by atoms with Crippen LogP contribution in [0.25, 0.3) is 0 Å². The summed E-state index contributed by atoms with van der Waals surface area (Å²) >= 11 is 0. The van der Waals surface area contributed by atoms with Gasteiger partial charge in [-0.2, -0.15) is 0 Å². The van der Waals surface area contributed by atoms with E-state index < -0.39 is 0 Å². The third kappa shape index (κ3) is 1.56. The fraction of sp³-hybridized carbons (Fsp3) is 0. The molecule has 0 spiro atoms. The van der Waals surface area contributed by atoms with E-state index in [0.29, 0.717) is 0 Å². The van der Waals surface area contributed by atoms with Gasteiger partial charge in [0.2, 0.25) is 0 Å². The van der Waals surface area contributed by atoms with Crippen LogP contribution in [0.2, 0.25) is 0 Å². The average Bonchev–Trinajstić information content (AvgIpc) is 1.90. The lowest BCUT2D eigenvalue weighted by atomic mass is 9.74. The van der Waals surface area contributed by atoms with Crippen molar-refractivity contribution >= 4 is 30.2 Å². The van der Waals surface area contributed by atoms with Gasteiger partial charge < -0.3 is 20.6 Å². The SMILES string of the molecule is [B]NB1N[B]N[B]N1. The summed E-state index contributed by atoms with van der Waals surface area (Å²) < 4.78 is 0. The van der Waals surface area contributed by atoms with Gasteiger partial charge in [-0.05, 0) is 0 Å². The molecule has 0 unspecified atom stereocenters. The van der Waals surface area contributed by atoms with Crippen molar-refractivity contribution in [2.75, 3.05) is 0 Å².